The van der Waals surface area contributed by atoms with Gasteiger partial charge in [-0.2, -0.15) is 0 Å². The molecule has 0 radical (unpaired) electrons. The number of amides is 1. The summed E-state index contributed by atoms with van der Waals surface area (Å²) in [5, 5.41) is 6.01. The fourth-order valence-electron chi connectivity index (χ4n) is 2.41. The summed E-state index contributed by atoms with van der Waals surface area (Å²) >= 11 is 5.86. The first-order chi connectivity index (χ1) is 8.13. The van der Waals surface area contributed by atoms with Crippen LogP contribution >= 0.6 is 24.0 Å². The van der Waals surface area contributed by atoms with E-state index in [1.54, 1.807) is 6.07 Å². The molecule has 0 bridgehead atoms. The minimum Gasteiger partial charge on any atom is -0.322 e. The Balaban J connectivity index is 0.00000120. The van der Waals surface area contributed by atoms with Crippen LogP contribution in [0.15, 0.2) is 24.3 Å². The van der Waals surface area contributed by atoms with E-state index in [1.165, 1.54) is 6.07 Å². The molecule has 0 saturated heterocycles. The second-order valence-corrected chi connectivity index (χ2v) is 4.71. The van der Waals surface area contributed by atoms with Crippen LogP contribution in [0.5, 0.6) is 0 Å². The average molecular weight is 289 g/mol. The number of fused-ring (bicyclic) bond motifs is 2. The van der Waals surface area contributed by atoms with Crippen LogP contribution in [-0.2, 0) is 10.2 Å². The van der Waals surface area contributed by atoms with Gasteiger partial charge in [0.15, 0.2) is 0 Å². The molecule has 2 heterocycles. The van der Waals surface area contributed by atoms with Gasteiger partial charge in [0, 0.05) is 23.7 Å². The van der Waals surface area contributed by atoms with Gasteiger partial charge in [-0.1, -0.05) is 23.8 Å². The van der Waals surface area contributed by atoms with E-state index in [0.717, 1.165) is 0 Å². The number of anilines is 1. The number of rotatable bonds is 0. The van der Waals surface area contributed by atoms with Crippen molar-refractivity contribution in [3.8, 4) is 0 Å². The number of benzene rings is 1. The largest absolute Gasteiger partial charge is 0.322 e. The molecule has 3 rings (SSSR count). The van der Waals surface area contributed by atoms with Gasteiger partial charge in [-0.05, 0) is 12.1 Å². The van der Waals surface area contributed by atoms with Crippen molar-refractivity contribution in [1.29, 1.82) is 0 Å². The first-order valence-corrected chi connectivity index (χ1v) is 5.71. The summed E-state index contributed by atoms with van der Waals surface area (Å²) in [6.45, 7) is 1.18. The van der Waals surface area contributed by atoms with Gasteiger partial charge in [-0.15, -0.1) is 12.4 Å². The normalized spacial score (nSPS) is 24.7. The van der Waals surface area contributed by atoms with Crippen LogP contribution in [0.25, 0.3) is 0 Å². The second-order valence-electron chi connectivity index (χ2n) is 4.27. The van der Waals surface area contributed by atoms with Gasteiger partial charge < -0.3 is 10.6 Å². The number of carbonyl (C=O) groups excluding carboxylic acids is 1. The van der Waals surface area contributed by atoms with E-state index in [-0.39, 0.29) is 24.0 Å². The molecule has 96 valence electrons. The molecule has 1 aromatic rings. The van der Waals surface area contributed by atoms with E-state index in [0.29, 0.717) is 23.7 Å². The summed E-state index contributed by atoms with van der Waals surface area (Å²) in [5.74, 6) is -0.700. The van der Waals surface area contributed by atoms with Crippen LogP contribution in [0.1, 0.15) is 5.56 Å². The molecular formula is C12H11Cl2FN2O. The Kier molecular flexibility index (Phi) is 3.36. The molecule has 3 nitrogen and oxygen atoms in total. The van der Waals surface area contributed by atoms with Crippen molar-refractivity contribution in [3.63, 3.8) is 0 Å². The van der Waals surface area contributed by atoms with Crippen molar-refractivity contribution in [3.05, 3.63) is 40.7 Å². The Hall–Kier alpha value is -1.10. The number of halogens is 3. The summed E-state index contributed by atoms with van der Waals surface area (Å²) in [6, 6.07) is 2.86. The molecule has 1 spiro atoms. The first-order valence-electron chi connectivity index (χ1n) is 5.33. The SMILES string of the molecule is Cl.O=C1Nc2c(F)cc(Cl)cc2[C@]12C=CCNC2. The molecule has 6 heteroatoms. The summed E-state index contributed by atoms with van der Waals surface area (Å²) in [6.07, 6.45) is 3.69. The van der Waals surface area contributed by atoms with Gasteiger partial charge in [0.25, 0.3) is 0 Å². The molecule has 0 fully saturated rings. The van der Waals surface area contributed by atoms with Gasteiger partial charge in [0.05, 0.1) is 5.69 Å². The molecular weight excluding hydrogens is 278 g/mol. The molecule has 2 aliphatic rings. The van der Waals surface area contributed by atoms with Crippen LogP contribution in [0.3, 0.4) is 0 Å². The zero-order chi connectivity index (χ0) is 12.0. The van der Waals surface area contributed by atoms with Crippen molar-refractivity contribution in [1.82, 2.24) is 5.32 Å². The van der Waals surface area contributed by atoms with Crippen molar-refractivity contribution >= 4 is 35.6 Å². The van der Waals surface area contributed by atoms with Gasteiger partial charge >= 0.3 is 0 Å². The molecule has 0 aliphatic carbocycles. The highest BCUT2D eigenvalue weighted by atomic mass is 35.5. The monoisotopic (exact) mass is 288 g/mol. The molecule has 0 unspecified atom stereocenters. The highest BCUT2D eigenvalue weighted by molar-refractivity contribution is 6.31. The van der Waals surface area contributed by atoms with E-state index in [9.17, 15) is 9.18 Å². The number of nitrogens with one attached hydrogen (secondary N) is 2. The van der Waals surface area contributed by atoms with Crippen molar-refractivity contribution in [2.45, 2.75) is 5.41 Å². The Morgan fingerprint density at radius 2 is 2.17 bits per heavy atom. The maximum absolute atomic E-state index is 13.7. The predicted octanol–water partition coefficient (Wildman–Crippen LogP) is 2.25. The average Bonchev–Trinajstić information content (AvgIpc) is 2.56. The molecule has 2 N–H and O–H groups in total. The van der Waals surface area contributed by atoms with Crippen LogP contribution in [-0.4, -0.2) is 19.0 Å². The van der Waals surface area contributed by atoms with E-state index in [1.807, 2.05) is 12.2 Å². The minimum atomic E-state index is -0.820. The summed E-state index contributed by atoms with van der Waals surface area (Å²) in [4.78, 5) is 12.1. The zero-order valence-electron chi connectivity index (χ0n) is 9.30. The Morgan fingerprint density at radius 3 is 2.83 bits per heavy atom. The lowest BCUT2D eigenvalue weighted by molar-refractivity contribution is -0.119. The summed E-state index contributed by atoms with van der Waals surface area (Å²) in [5.41, 5.74) is 0.0305. The van der Waals surface area contributed by atoms with Crippen LogP contribution in [0.4, 0.5) is 10.1 Å². The molecule has 18 heavy (non-hydrogen) atoms. The molecule has 1 aromatic carbocycles. The zero-order valence-corrected chi connectivity index (χ0v) is 10.9. The fourth-order valence-corrected chi connectivity index (χ4v) is 2.62. The highest BCUT2D eigenvalue weighted by Crippen LogP contribution is 2.42. The molecule has 2 aliphatic heterocycles. The number of hydrogen-bond acceptors (Lipinski definition) is 2. The Labute approximate surface area is 115 Å². The minimum absolute atomic E-state index is 0. The van der Waals surface area contributed by atoms with Gasteiger partial charge in [0.1, 0.15) is 11.2 Å². The van der Waals surface area contributed by atoms with Crippen molar-refractivity contribution < 1.29 is 9.18 Å². The Morgan fingerprint density at radius 1 is 1.39 bits per heavy atom. The predicted molar refractivity (Wildman–Crippen MR) is 71.0 cm³/mol. The summed E-state index contributed by atoms with van der Waals surface area (Å²) in [7, 11) is 0. The van der Waals surface area contributed by atoms with Gasteiger partial charge in [0.2, 0.25) is 5.91 Å². The van der Waals surface area contributed by atoms with E-state index in [4.69, 9.17) is 11.6 Å². The lowest BCUT2D eigenvalue weighted by atomic mass is 9.80. The highest BCUT2D eigenvalue weighted by Gasteiger charge is 2.46. The van der Waals surface area contributed by atoms with Crippen LogP contribution in [0, 0.1) is 5.82 Å². The lowest BCUT2D eigenvalue weighted by Gasteiger charge is -2.27. The molecule has 0 aromatic heterocycles. The lowest BCUT2D eigenvalue weighted by Crippen LogP contribution is -2.45. The smallest absolute Gasteiger partial charge is 0.240 e. The topological polar surface area (TPSA) is 41.1 Å². The number of hydrogen-bond donors (Lipinski definition) is 2. The maximum Gasteiger partial charge on any atom is 0.240 e. The van der Waals surface area contributed by atoms with Crippen LogP contribution in [0.2, 0.25) is 5.02 Å². The van der Waals surface area contributed by atoms with Crippen LogP contribution < -0.4 is 10.6 Å². The molecule has 1 amide bonds. The Bertz CT molecular complexity index is 547. The molecule has 1 atom stereocenters. The number of carbonyl (C=O) groups is 1. The first kappa shape index (κ1) is 13.3. The van der Waals surface area contributed by atoms with Gasteiger partial charge in [-0.25, -0.2) is 4.39 Å². The maximum atomic E-state index is 13.7. The standard InChI is InChI=1S/C12H10ClFN2O.ClH/c13-7-4-8-10(9(14)5-7)16-11(17)12(8)2-1-3-15-6-12;/h1-2,4-5,15H,3,6H2,(H,16,17);1H/t12-;/m1./s1. The fraction of sp³-hybridized carbons (Fsp3) is 0.250. The third-order valence-corrected chi connectivity index (χ3v) is 3.47. The third kappa shape index (κ3) is 1.72. The third-order valence-electron chi connectivity index (χ3n) is 3.25. The van der Waals surface area contributed by atoms with E-state index >= 15 is 0 Å². The van der Waals surface area contributed by atoms with E-state index < -0.39 is 11.2 Å². The quantitative estimate of drug-likeness (QED) is 0.719. The van der Waals surface area contributed by atoms with Gasteiger partial charge in [-0.3, -0.25) is 4.79 Å². The molecule has 0 saturated carbocycles. The van der Waals surface area contributed by atoms with E-state index in [2.05, 4.69) is 10.6 Å². The second kappa shape index (κ2) is 4.53. The van der Waals surface area contributed by atoms with Crippen molar-refractivity contribution in [2.24, 2.45) is 0 Å². The summed E-state index contributed by atoms with van der Waals surface area (Å²) < 4.78 is 13.7. The van der Waals surface area contributed by atoms with Crippen molar-refractivity contribution in [2.75, 3.05) is 18.4 Å².